The maximum absolute atomic E-state index is 13.0. The lowest BCUT2D eigenvalue weighted by Gasteiger charge is -2.12. The van der Waals surface area contributed by atoms with E-state index in [1.54, 1.807) is 6.07 Å². The van der Waals surface area contributed by atoms with Gasteiger partial charge in [0.25, 0.3) is 5.91 Å². The van der Waals surface area contributed by atoms with Crippen LogP contribution in [0.2, 0.25) is 0 Å². The first-order valence-corrected chi connectivity index (χ1v) is 9.72. The van der Waals surface area contributed by atoms with Crippen LogP contribution in [0, 0.1) is 9.39 Å². The fourth-order valence-corrected chi connectivity index (χ4v) is 3.39. The van der Waals surface area contributed by atoms with Crippen molar-refractivity contribution in [3.05, 3.63) is 73.1 Å². The van der Waals surface area contributed by atoms with E-state index in [1.165, 1.54) is 30.5 Å². The van der Waals surface area contributed by atoms with Crippen molar-refractivity contribution < 1.29 is 23.8 Å². The molecule has 3 aromatic rings. The molecule has 156 valence electrons. The second-order valence-corrected chi connectivity index (χ2v) is 7.46. The Morgan fingerprint density at radius 2 is 2.00 bits per heavy atom. The van der Waals surface area contributed by atoms with E-state index in [2.05, 4.69) is 10.3 Å². The van der Waals surface area contributed by atoms with Gasteiger partial charge in [-0.05, 0) is 51.9 Å². The van der Waals surface area contributed by atoms with E-state index in [-0.39, 0.29) is 25.2 Å². The van der Waals surface area contributed by atoms with Gasteiger partial charge in [0.15, 0.2) is 5.69 Å². The molecule has 11 heteroatoms. The highest BCUT2D eigenvalue weighted by atomic mass is 127. The highest BCUT2D eigenvalue weighted by molar-refractivity contribution is 14.1. The van der Waals surface area contributed by atoms with Crippen molar-refractivity contribution in [1.29, 1.82) is 0 Å². The molecule has 0 aliphatic carbocycles. The summed E-state index contributed by atoms with van der Waals surface area (Å²) in [5, 5.41) is 12.8. The van der Waals surface area contributed by atoms with Crippen molar-refractivity contribution >= 4 is 40.2 Å². The molecule has 0 unspecified atom stereocenters. The van der Waals surface area contributed by atoms with E-state index in [0.29, 0.717) is 14.7 Å². The lowest BCUT2D eigenvalue weighted by Crippen LogP contribution is -2.28. The zero-order valence-corrected chi connectivity index (χ0v) is 17.6. The SMILES string of the molecule is NC(=O)OCCc1cc(I)cn2c(=O)c(O)c(C(=O)NCc3ccc(F)cc3)nc12. The van der Waals surface area contributed by atoms with Crippen LogP contribution < -0.4 is 16.6 Å². The molecule has 2 amide bonds. The summed E-state index contributed by atoms with van der Waals surface area (Å²) in [5.41, 5.74) is 4.98. The molecule has 0 fully saturated rings. The average molecular weight is 526 g/mol. The molecule has 9 nitrogen and oxygen atoms in total. The molecule has 0 bridgehead atoms. The molecule has 0 radical (unpaired) electrons. The van der Waals surface area contributed by atoms with Gasteiger partial charge in [-0.25, -0.2) is 14.2 Å². The maximum atomic E-state index is 13.0. The zero-order chi connectivity index (χ0) is 21.8. The Morgan fingerprint density at radius 1 is 1.30 bits per heavy atom. The Labute approximate surface area is 182 Å². The van der Waals surface area contributed by atoms with E-state index in [0.717, 1.165) is 4.40 Å². The molecule has 2 aromatic heterocycles. The number of pyridine rings is 1. The predicted octanol–water partition coefficient (Wildman–Crippen LogP) is 1.71. The highest BCUT2D eigenvalue weighted by Crippen LogP contribution is 2.18. The minimum absolute atomic E-state index is 0.0472. The van der Waals surface area contributed by atoms with Crippen molar-refractivity contribution in [3.8, 4) is 5.75 Å². The van der Waals surface area contributed by atoms with Crippen LogP contribution in [0.1, 0.15) is 21.6 Å². The molecule has 0 saturated heterocycles. The standard InChI is InChI=1S/C19H16FIN4O5/c20-12-3-1-10(2-4-12)8-23-17(27)14-15(26)18(28)25-9-13(21)7-11(16(25)24-14)5-6-30-19(22)29/h1-4,7,9,26H,5-6,8H2,(H2,22,29)(H,23,27). The van der Waals surface area contributed by atoms with Gasteiger partial charge in [-0.15, -0.1) is 0 Å². The van der Waals surface area contributed by atoms with Gasteiger partial charge in [0.1, 0.15) is 11.5 Å². The number of nitrogens with zero attached hydrogens (tertiary/aromatic N) is 2. The first kappa shape index (κ1) is 21.5. The van der Waals surface area contributed by atoms with Crippen molar-refractivity contribution in [2.24, 2.45) is 5.73 Å². The molecule has 0 aliphatic rings. The van der Waals surface area contributed by atoms with Gasteiger partial charge in [-0.2, -0.15) is 0 Å². The fraction of sp³-hybridized carbons (Fsp3) is 0.158. The van der Waals surface area contributed by atoms with Crippen LogP contribution >= 0.6 is 22.6 Å². The number of hydrogen-bond donors (Lipinski definition) is 3. The number of hydrogen-bond acceptors (Lipinski definition) is 6. The number of aromatic nitrogens is 2. The van der Waals surface area contributed by atoms with Crippen molar-refractivity contribution in [1.82, 2.24) is 14.7 Å². The monoisotopic (exact) mass is 526 g/mol. The summed E-state index contributed by atoms with van der Waals surface area (Å²) in [6.45, 7) is -0.000465. The minimum Gasteiger partial charge on any atom is -0.501 e. The topological polar surface area (TPSA) is 136 Å². The Hall–Kier alpha value is -3.22. The quantitative estimate of drug-likeness (QED) is 0.419. The number of rotatable bonds is 6. The summed E-state index contributed by atoms with van der Waals surface area (Å²) >= 11 is 1.98. The van der Waals surface area contributed by atoms with Crippen LogP contribution in [0.5, 0.6) is 5.75 Å². The molecule has 1 aromatic carbocycles. The van der Waals surface area contributed by atoms with E-state index in [9.17, 15) is 23.9 Å². The largest absolute Gasteiger partial charge is 0.501 e. The van der Waals surface area contributed by atoms with Crippen LogP contribution in [0.4, 0.5) is 9.18 Å². The summed E-state index contributed by atoms with van der Waals surface area (Å²) in [4.78, 5) is 40.1. The Kier molecular flexibility index (Phi) is 6.50. The number of amides is 2. The van der Waals surface area contributed by atoms with Gasteiger partial charge in [0.05, 0.1) is 6.61 Å². The van der Waals surface area contributed by atoms with Gasteiger partial charge in [-0.3, -0.25) is 14.0 Å². The first-order chi connectivity index (χ1) is 14.3. The number of fused-ring (bicyclic) bond motifs is 1. The van der Waals surface area contributed by atoms with Gasteiger partial charge >= 0.3 is 11.7 Å². The second kappa shape index (κ2) is 9.07. The molecule has 0 atom stereocenters. The molecule has 2 heterocycles. The summed E-state index contributed by atoms with van der Waals surface area (Å²) in [6.07, 6.45) is 0.717. The van der Waals surface area contributed by atoms with Crippen LogP contribution in [0.25, 0.3) is 5.65 Å². The third-order valence-electron chi connectivity index (χ3n) is 4.14. The Bertz CT molecular complexity index is 1180. The van der Waals surface area contributed by atoms with Gasteiger partial charge in [0, 0.05) is 22.7 Å². The highest BCUT2D eigenvalue weighted by Gasteiger charge is 2.20. The minimum atomic E-state index is -0.937. The summed E-state index contributed by atoms with van der Waals surface area (Å²) in [7, 11) is 0. The molecule has 0 aliphatic heterocycles. The van der Waals surface area contributed by atoms with Crippen LogP contribution in [-0.2, 0) is 17.7 Å². The molecule has 0 saturated carbocycles. The molecule has 30 heavy (non-hydrogen) atoms. The van der Waals surface area contributed by atoms with Gasteiger partial charge < -0.3 is 20.9 Å². The Morgan fingerprint density at radius 3 is 2.67 bits per heavy atom. The zero-order valence-electron chi connectivity index (χ0n) is 15.4. The summed E-state index contributed by atoms with van der Waals surface area (Å²) < 4.78 is 19.5. The van der Waals surface area contributed by atoms with Crippen LogP contribution in [-0.4, -0.2) is 33.1 Å². The molecule has 0 spiro atoms. The van der Waals surface area contributed by atoms with Gasteiger partial charge in [-0.1, -0.05) is 12.1 Å². The lowest BCUT2D eigenvalue weighted by atomic mass is 10.2. The van der Waals surface area contributed by atoms with E-state index < -0.39 is 34.8 Å². The third-order valence-corrected chi connectivity index (χ3v) is 4.73. The lowest BCUT2D eigenvalue weighted by molar-refractivity contribution is 0.0942. The Balaban J connectivity index is 1.93. The molecular formula is C19H16FIN4O5. The number of aromatic hydroxyl groups is 1. The number of ether oxygens (including phenoxy) is 1. The number of nitrogens with two attached hydrogens (primary N) is 1. The normalized spacial score (nSPS) is 10.7. The number of benzene rings is 1. The third kappa shape index (κ3) is 4.84. The second-order valence-electron chi connectivity index (χ2n) is 6.22. The predicted molar refractivity (Wildman–Crippen MR) is 113 cm³/mol. The summed E-state index contributed by atoms with van der Waals surface area (Å²) in [5.74, 6) is -1.98. The number of halogens is 2. The van der Waals surface area contributed by atoms with E-state index >= 15 is 0 Å². The number of nitrogens with one attached hydrogen (secondary N) is 1. The number of primary amides is 1. The molecule has 4 N–H and O–H groups in total. The van der Waals surface area contributed by atoms with E-state index in [4.69, 9.17) is 10.5 Å². The average Bonchev–Trinajstić information content (AvgIpc) is 2.70. The van der Waals surface area contributed by atoms with Crippen molar-refractivity contribution in [3.63, 3.8) is 0 Å². The molecule has 3 rings (SSSR count). The van der Waals surface area contributed by atoms with E-state index in [1.807, 2.05) is 22.6 Å². The van der Waals surface area contributed by atoms with Crippen LogP contribution in [0.15, 0.2) is 41.3 Å². The maximum Gasteiger partial charge on any atom is 0.404 e. The smallest absolute Gasteiger partial charge is 0.404 e. The number of carbonyl (C=O) groups is 2. The van der Waals surface area contributed by atoms with Crippen molar-refractivity contribution in [2.75, 3.05) is 6.61 Å². The first-order valence-electron chi connectivity index (χ1n) is 8.65. The molecular weight excluding hydrogens is 510 g/mol. The van der Waals surface area contributed by atoms with Crippen LogP contribution in [0.3, 0.4) is 0 Å². The van der Waals surface area contributed by atoms with Crippen molar-refractivity contribution in [2.45, 2.75) is 13.0 Å². The summed E-state index contributed by atoms with van der Waals surface area (Å²) in [6, 6.07) is 7.21. The van der Waals surface area contributed by atoms with Gasteiger partial charge in [0.2, 0.25) is 5.75 Å². The number of carbonyl (C=O) groups excluding carboxylic acids is 2. The fourth-order valence-electron chi connectivity index (χ4n) is 2.73.